The van der Waals surface area contributed by atoms with Gasteiger partial charge in [0.15, 0.2) is 10.7 Å². The minimum atomic E-state index is 0.330. The first-order valence-corrected chi connectivity index (χ1v) is 7.50. The molecule has 0 atom stereocenters. The van der Waals surface area contributed by atoms with Crippen LogP contribution < -0.4 is 5.84 Å². The van der Waals surface area contributed by atoms with Crippen molar-refractivity contribution in [2.75, 3.05) is 0 Å². The molecule has 3 aromatic rings. The summed E-state index contributed by atoms with van der Waals surface area (Å²) in [5.74, 6) is 6.64. The third-order valence-electron chi connectivity index (χ3n) is 3.63. The van der Waals surface area contributed by atoms with Crippen molar-refractivity contribution in [3.05, 3.63) is 70.9 Å². The van der Waals surface area contributed by atoms with E-state index >= 15 is 0 Å². The van der Waals surface area contributed by atoms with Crippen molar-refractivity contribution in [1.82, 2.24) is 15.2 Å². The van der Waals surface area contributed by atoms with Crippen LogP contribution in [0.3, 0.4) is 0 Å². The Morgan fingerprint density at radius 2 is 1.74 bits per heavy atom. The third-order valence-corrected chi connectivity index (χ3v) is 3.63. The molecule has 0 radical (unpaired) electrons. The second-order valence-corrected chi connectivity index (χ2v) is 5.32. The van der Waals surface area contributed by atoms with E-state index < -0.39 is 0 Å². The van der Waals surface area contributed by atoms with E-state index in [0.717, 1.165) is 30.7 Å². The van der Waals surface area contributed by atoms with Gasteiger partial charge in [-0.3, -0.25) is 5.10 Å². The average molecular weight is 308 g/mol. The number of hydrogen-bond acceptors (Lipinski definition) is 3. The van der Waals surface area contributed by atoms with Crippen molar-refractivity contribution in [2.45, 2.75) is 19.3 Å². The SMILES string of the molecule is N[N+](=O)c1ccc(-c2n[nH]c(CCCc3ccccc3)n2)cc1. The van der Waals surface area contributed by atoms with Crippen LogP contribution in [0.4, 0.5) is 5.69 Å². The molecule has 0 saturated heterocycles. The zero-order valence-electron chi connectivity index (χ0n) is 12.6. The second-order valence-electron chi connectivity index (χ2n) is 5.32. The van der Waals surface area contributed by atoms with Gasteiger partial charge < -0.3 is 0 Å². The first-order chi connectivity index (χ1) is 11.2. The minimum absolute atomic E-state index is 0.330. The van der Waals surface area contributed by atoms with Gasteiger partial charge in [-0.2, -0.15) is 10.9 Å². The molecule has 0 aliphatic carbocycles. The quantitative estimate of drug-likeness (QED) is 0.416. The van der Waals surface area contributed by atoms with Crippen LogP contribution in [-0.2, 0) is 12.8 Å². The number of benzene rings is 2. The summed E-state index contributed by atoms with van der Waals surface area (Å²) >= 11 is 0. The molecule has 116 valence electrons. The number of H-pyrrole nitrogens is 1. The summed E-state index contributed by atoms with van der Waals surface area (Å²) in [4.78, 5) is 15.8. The van der Waals surface area contributed by atoms with E-state index in [0.29, 0.717) is 16.4 Å². The maximum atomic E-state index is 11.0. The van der Waals surface area contributed by atoms with E-state index in [1.165, 1.54) is 5.56 Å². The predicted octanol–water partition coefficient (Wildman–Crippen LogP) is 2.93. The number of rotatable bonds is 6. The summed E-state index contributed by atoms with van der Waals surface area (Å²) in [6.07, 6.45) is 2.87. The van der Waals surface area contributed by atoms with Crippen LogP contribution in [0.1, 0.15) is 17.8 Å². The van der Waals surface area contributed by atoms with Crippen molar-refractivity contribution in [1.29, 1.82) is 0 Å². The molecule has 23 heavy (non-hydrogen) atoms. The van der Waals surface area contributed by atoms with Gasteiger partial charge in [-0.05, 0) is 30.5 Å². The summed E-state index contributed by atoms with van der Waals surface area (Å²) in [6.45, 7) is 0. The zero-order valence-corrected chi connectivity index (χ0v) is 12.6. The van der Waals surface area contributed by atoms with E-state index in [9.17, 15) is 4.91 Å². The van der Waals surface area contributed by atoms with Gasteiger partial charge in [0.1, 0.15) is 5.82 Å². The number of aryl methyl sites for hydroxylation is 2. The lowest BCUT2D eigenvalue weighted by molar-refractivity contribution is -0.474. The maximum Gasteiger partial charge on any atom is 0.291 e. The average Bonchev–Trinajstić information content (AvgIpc) is 3.05. The summed E-state index contributed by atoms with van der Waals surface area (Å²) in [5, 5.41) is 7.20. The molecule has 0 saturated carbocycles. The number of nitrogens with zero attached hydrogens (tertiary/aromatic N) is 3. The molecule has 0 unspecified atom stereocenters. The van der Waals surface area contributed by atoms with Gasteiger partial charge in [0.2, 0.25) is 0 Å². The number of nitroso groups, excluding NO2 is 1. The first-order valence-electron chi connectivity index (χ1n) is 7.50. The monoisotopic (exact) mass is 308 g/mol. The van der Waals surface area contributed by atoms with Gasteiger partial charge in [-0.25, -0.2) is 4.98 Å². The highest BCUT2D eigenvalue weighted by atomic mass is 16.3. The van der Waals surface area contributed by atoms with E-state index in [4.69, 9.17) is 5.84 Å². The summed E-state index contributed by atoms with van der Waals surface area (Å²) < 4.78 is 0. The number of nitrogens with one attached hydrogen (secondary N) is 1. The molecule has 0 aliphatic rings. The highest BCUT2D eigenvalue weighted by Gasteiger charge is 2.10. The lowest BCUT2D eigenvalue weighted by Crippen LogP contribution is -2.08. The fraction of sp³-hybridized carbons (Fsp3) is 0.176. The number of nitrogens with two attached hydrogens (primary N) is 1. The minimum Gasteiger partial charge on any atom is -0.263 e. The molecule has 3 rings (SSSR count). The topological polar surface area (TPSA) is 87.7 Å². The second kappa shape index (κ2) is 6.83. The van der Waals surface area contributed by atoms with E-state index in [-0.39, 0.29) is 0 Å². The molecule has 0 spiro atoms. The van der Waals surface area contributed by atoms with Crippen molar-refractivity contribution in [2.24, 2.45) is 5.84 Å². The molecule has 3 N–H and O–H groups in total. The predicted molar refractivity (Wildman–Crippen MR) is 87.8 cm³/mol. The van der Waals surface area contributed by atoms with Crippen molar-refractivity contribution >= 4 is 5.69 Å². The van der Waals surface area contributed by atoms with Crippen LogP contribution in [0.15, 0.2) is 54.6 Å². The number of aromatic nitrogens is 3. The smallest absolute Gasteiger partial charge is 0.263 e. The van der Waals surface area contributed by atoms with E-state index in [1.807, 2.05) is 6.07 Å². The Balaban J connectivity index is 1.60. The van der Waals surface area contributed by atoms with Crippen molar-refractivity contribution in [3.8, 4) is 11.4 Å². The van der Waals surface area contributed by atoms with E-state index in [1.54, 1.807) is 24.3 Å². The van der Waals surface area contributed by atoms with Gasteiger partial charge in [-0.15, -0.1) is 0 Å². The molecular formula is C17H18N5O+. The van der Waals surface area contributed by atoms with Crippen LogP contribution in [0.25, 0.3) is 11.4 Å². The molecule has 0 fully saturated rings. The van der Waals surface area contributed by atoms with Gasteiger partial charge in [0.25, 0.3) is 5.69 Å². The Morgan fingerprint density at radius 1 is 1.00 bits per heavy atom. The molecule has 2 aromatic carbocycles. The van der Waals surface area contributed by atoms with Crippen LogP contribution >= 0.6 is 0 Å². The lowest BCUT2D eigenvalue weighted by Gasteiger charge is -1.99. The summed E-state index contributed by atoms with van der Waals surface area (Å²) in [5.41, 5.74) is 2.57. The fourth-order valence-electron chi connectivity index (χ4n) is 2.40. The summed E-state index contributed by atoms with van der Waals surface area (Å²) in [6, 6.07) is 17.2. The van der Waals surface area contributed by atoms with Crippen LogP contribution in [0.5, 0.6) is 0 Å². The Hall–Kier alpha value is -3.02. The number of hydrazine groups is 1. The van der Waals surface area contributed by atoms with Crippen LogP contribution in [0, 0.1) is 4.91 Å². The zero-order chi connectivity index (χ0) is 16.1. The maximum absolute atomic E-state index is 11.0. The van der Waals surface area contributed by atoms with Gasteiger partial charge in [-0.1, -0.05) is 30.3 Å². The molecule has 0 bridgehead atoms. The van der Waals surface area contributed by atoms with Gasteiger partial charge in [0.05, 0.1) is 4.91 Å². The molecule has 0 amide bonds. The Kier molecular flexibility index (Phi) is 4.42. The summed E-state index contributed by atoms with van der Waals surface area (Å²) in [7, 11) is 0. The Labute approximate surface area is 133 Å². The van der Waals surface area contributed by atoms with Gasteiger partial charge in [0, 0.05) is 24.1 Å². The fourth-order valence-corrected chi connectivity index (χ4v) is 2.40. The van der Waals surface area contributed by atoms with Gasteiger partial charge >= 0.3 is 0 Å². The van der Waals surface area contributed by atoms with Crippen molar-refractivity contribution in [3.63, 3.8) is 0 Å². The molecule has 1 heterocycles. The number of hydrogen-bond donors (Lipinski definition) is 2. The Morgan fingerprint density at radius 3 is 2.43 bits per heavy atom. The van der Waals surface area contributed by atoms with E-state index in [2.05, 4.69) is 39.4 Å². The van der Waals surface area contributed by atoms with Crippen LogP contribution in [0.2, 0.25) is 0 Å². The van der Waals surface area contributed by atoms with Crippen molar-refractivity contribution < 1.29 is 4.87 Å². The standard InChI is InChI=1S/C17H18N5O/c18-22(23)15-11-9-14(10-12-15)17-19-16(20-21-17)8-4-7-13-5-2-1-3-6-13/h1-3,5-6,9-12H,4,7-8H2,(H2,18,23)(H,19,20,21)/q+1. The largest absolute Gasteiger partial charge is 0.291 e. The first kappa shape index (κ1) is 14.9. The molecular weight excluding hydrogens is 290 g/mol. The Bertz CT molecular complexity index is 780. The highest BCUT2D eigenvalue weighted by molar-refractivity contribution is 5.56. The highest BCUT2D eigenvalue weighted by Crippen LogP contribution is 2.18. The normalized spacial score (nSPS) is 10.6. The molecule has 6 heteroatoms. The van der Waals surface area contributed by atoms with Crippen LogP contribution in [-0.4, -0.2) is 20.1 Å². The third kappa shape index (κ3) is 3.79. The number of aromatic amines is 1. The molecule has 6 nitrogen and oxygen atoms in total. The molecule has 0 aliphatic heterocycles. The lowest BCUT2D eigenvalue weighted by atomic mass is 10.1. The molecule has 1 aromatic heterocycles.